The smallest absolute Gasteiger partial charge is 0.0456 e. The number of para-hydroxylation sites is 1. The van der Waals surface area contributed by atoms with Crippen LogP contribution in [0, 0.1) is 0 Å². The minimum absolute atomic E-state index is 0.796. The number of hydrogen-bond acceptors (Lipinski definition) is 1. The average molecular weight is 196 g/mol. The first kappa shape index (κ1) is 10.1. The molecule has 13 heavy (non-hydrogen) atoms. The van der Waals surface area contributed by atoms with Gasteiger partial charge < -0.3 is 4.90 Å². The van der Waals surface area contributed by atoms with Gasteiger partial charge in [0.15, 0.2) is 0 Å². The number of halogens is 1. The summed E-state index contributed by atoms with van der Waals surface area (Å²) in [5.41, 5.74) is 2.22. The monoisotopic (exact) mass is 195 g/mol. The fraction of sp³-hybridized carbons (Fsp3) is 0.273. The second-order valence-corrected chi connectivity index (χ2v) is 3.46. The van der Waals surface area contributed by atoms with Crippen LogP contribution in [0.2, 0.25) is 0 Å². The highest BCUT2D eigenvalue weighted by atomic mass is 35.5. The van der Waals surface area contributed by atoms with Crippen molar-refractivity contribution in [2.75, 3.05) is 19.0 Å². The van der Waals surface area contributed by atoms with Crippen LogP contribution in [-0.4, -0.2) is 14.1 Å². The van der Waals surface area contributed by atoms with Gasteiger partial charge in [0.25, 0.3) is 0 Å². The number of benzene rings is 1. The maximum absolute atomic E-state index is 6.07. The predicted octanol–water partition coefficient (Wildman–Crippen LogP) is 3.35. The Morgan fingerprint density at radius 2 is 1.92 bits per heavy atom. The molecule has 0 aromatic heterocycles. The first-order chi connectivity index (χ1) is 6.16. The van der Waals surface area contributed by atoms with E-state index < -0.39 is 0 Å². The molecule has 0 N–H and O–H groups in total. The zero-order valence-electron chi connectivity index (χ0n) is 8.21. The topological polar surface area (TPSA) is 3.24 Å². The molecule has 0 heterocycles. The Bertz CT molecular complexity index is 316. The molecule has 0 bridgehead atoms. The van der Waals surface area contributed by atoms with E-state index in [0.29, 0.717) is 0 Å². The van der Waals surface area contributed by atoms with Crippen molar-refractivity contribution in [1.82, 2.24) is 0 Å². The lowest BCUT2D eigenvalue weighted by atomic mass is 10.1. The second kappa shape index (κ2) is 4.33. The molecule has 0 aliphatic rings. The van der Waals surface area contributed by atoms with Gasteiger partial charge in [-0.2, -0.15) is 0 Å². The summed E-state index contributed by atoms with van der Waals surface area (Å²) in [5.74, 6) is 0. The van der Waals surface area contributed by atoms with Gasteiger partial charge in [-0.15, -0.1) is 0 Å². The Morgan fingerprint density at radius 1 is 1.31 bits per heavy atom. The number of anilines is 1. The molecule has 0 aliphatic carbocycles. The molecule has 1 aromatic rings. The van der Waals surface area contributed by atoms with Gasteiger partial charge in [-0.05, 0) is 13.0 Å². The molecule has 1 rings (SSSR count). The fourth-order valence-corrected chi connectivity index (χ4v) is 1.38. The van der Waals surface area contributed by atoms with Crippen molar-refractivity contribution in [3.63, 3.8) is 0 Å². The lowest BCUT2D eigenvalue weighted by Crippen LogP contribution is -2.10. The second-order valence-electron chi connectivity index (χ2n) is 3.05. The van der Waals surface area contributed by atoms with Crippen LogP contribution >= 0.6 is 11.6 Å². The summed E-state index contributed by atoms with van der Waals surface area (Å²) in [6.45, 7) is 1.94. The molecule has 1 nitrogen and oxygen atoms in total. The quantitative estimate of drug-likeness (QED) is 0.700. The third-order valence-electron chi connectivity index (χ3n) is 1.90. The molecule has 0 amide bonds. The summed E-state index contributed by atoms with van der Waals surface area (Å²) in [4.78, 5) is 2.06. The van der Waals surface area contributed by atoms with E-state index in [1.807, 2.05) is 45.3 Å². The van der Waals surface area contributed by atoms with Crippen LogP contribution in [0.1, 0.15) is 12.5 Å². The van der Waals surface area contributed by atoms with Gasteiger partial charge in [0.2, 0.25) is 0 Å². The zero-order chi connectivity index (χ0) is 9.84. The van der Waals surface area contributed by atoms with E-state index in [1.54, 1.807) is 0 Å². The standard InChI is InChI=1S/C11H14ClN/c1-4-10(12)9-7-5-6-8-11(9)13(2)3/h4-8H,1-3H3. The van der Waals surface area contributed by atoms with Gasteiger partial charge in [-0.1, -0.05) is 35.9 Å². The Labute approximate surface area is 84.6 Å². The largest absolute Gasteiger partial charge is 0.377 e. The number of allylic oxidation sites excluding steroid dienone is 1. The van der Waals surface area contributed by atoms with E-state index in [2.05, 4.69) is 11.0 Å². The Morgan fingerprint density at radius 3 is 2.46 bits per heavy atom. The van der Waals surface area contributed by atoms with Crippen LogP contribution in [0.4, 0.5) is 5.69 Å². The number of hydrogen-bond donors (Lipinski definition) is 0. The van der Waals surface area contributed by atoms with E-state index in [1.165, 1.54) is 0 Å². The van der Waals surface area contributed by atoms with Crippen molar-refractivity contribution in [1.29, 1.82) is 0 Å². The molecule has 0 saturated carbocycles. The van der Waals surface area contributed by atoms with E-state index in [0.717, 1.165) is 16.3 Å². The van der Waals surface area contributed by atoms with Crippen LogP contribution in [0.25, 0.3) is 5.03 Å². The molecule has 1 aromatic carbocycles. The third-order valence-corrected chi connectivity index (χ3v) is 2.32. The first-order valence-electron chi connectivity index (χ1n) is 4.25. The highest BCUT2D eigenvalue weighted by molar-refractivity contribution is 6.49. The SMILES string of the molecule is CC=C(Cl)c1ccccc1N(C)C. The minimum Gasteiger partial charge on any atom is -0.377 e. The van der Waals surface area contributed by atoms with Gasteiger partial charge in [0.05, 0.1) is 0 Å². The molecule has 0 radical (unpaired) electrons. The average Bonchev–Trinajstić information content (AvgIpc) is 2.16. The minimum atomic E-state index is 0.796. The van der Waals surface area contributed by atoms with Crippen LogP contribution in [0.3, 0.4) is 0 Å². The third kappa shape index (κ3) is 2.25. The van der Waals surface area contributed by atoms with Crippen molar-refractivity contribution >= 4 is 22.3 Å². The molecule has 0 unspecified atom stereocenters. The highest BCUT2D eigenvalue weighted by Gasteiger charge is 2.04. The zero-order valence-corrected chi connectivity index (χ0v) is 8.97. The molecule has 0 atom stereocenters. The van der Waals surface area contributed by atoms with Gasteiger partial charge in [-0.3, -0.25) is 0 Å². The Balaban J connectivity index is 3.20. The van der Waals surface area contributed by atoms with E-state index in [9.17, 15) is 0 Å². The van der Waals surface area contributed by atoms with Gasteiger partial charge in [0, 0.05) is 30.4 Å². The summed E-state index contributed by atoms with van der Waals surface area (Å²) < 4.78 is 0. The molecule has 0 aliphatic heterocycles. The summed E-state index contributed by atoms with van der Waals surface area (Å²) in [6.07, 6.45) is 1.91. The van der Waals surface area contributed by atoms with Gasteiger partial charge >= 0.3 is 0 Å². The van der Waals surface area contributed by atoms with Crippen molar-refractivity contribution in [2.24, 2.45) is 0 Å². The molecular weight excluding hydrogens is 182 g/mol. The first-order valence-corrected chi connectivity index (χ1v) is 4.63. The number of nitrogens with zero attached hydrogens (tertiary/aromatic N) is 1. The predicted molar refractivity (Wildman–Crippen MR) is 60.3 cm³/mol. The van der Waals surface area contributed by atoms with Crippen molar-refractivity contribution in [3.05, 3.63) is 35.9 Å². The van der Waals surface area contributed by atoms with Crippen LogP contribution in [-0.2, 0) is 0 Å². The lowest BCUT2D eigenvalue weighted by molar-refractivity contribution is 1.13. The van der Waals surface area contributed by atoms with Gasteiger partial charge in [0.1, 0.15) is 0 Å². The molecular formula is C11H14ClN. The lowest BCUT2D eigenvalue weighted by Gasteiger charge is -2.16. The number of rotatable bonds is 2. The molecule has 2 heteroatoms. The van der Waals surface area contributed by atoms with Crippen LogP contribution in [0.15, 0.2) is 30.3 Å². The maximum atomic E-state index is 6.07. The summed E-state index contributed by atoms with van der Waals surface area (Å²) in [7, 11) is 4.03. The van der Waals surface area contributed by atoms with Crippen LogP contribution in [0.5, 0.6) is 0 Å². The van der Waals surface area contributed by atoms with Crippen molar-refractivity contribution in [3.8, 4) is 0 Å². The van der Waals surface area contributed by atoms with Crippen molar-refractivity contribution < 1.29 is 0 Å². The molecule has 0 fully saturated rings. The molecule has 70 valence electrons. The molecule has 0 spiro atoms. The summed E-state index contributed by atoms with van der Waals surface area (Å²) >= 11 is 6.07. The van der Waals surface area contributed by atoms with Crippen molar-refractivity contribution in [2.45, 2.75) is 6.92 Å². The van der Waals surface area contributed by atoms with Crippen LogP contribution < -0.4 is 4.90 Å². The van der Waals surface area contributed by atoms with E-state index >= 15 is 0 Å². The normalized spacial score (nSPS) is 11.5. The highest BCUT2D eigenvalue weighted by Crippen LogP contribution is 2.27. The van der Waals surface area contributed by atoms with Gasteiger partial charge in [-0.25, -0.2) is 0 Å². The summed E-state index contributed by atoms with van der Waals surface area (Å²) in [6, 6.07) is 8.09. The fourth-order valence-electron chi connectivity index (χ4n) is 1.22. The Kier molecular flexibility index (Phi) is 3.38. The molecule has 0 saturated heterocycles. The summed E-state index contributed by atoms with van der Waals surface area (Å²) in [5, 5.41) is 0.796. The maximum Gasteiger partial charge on any atom is 0.0456 e. The van der Waals surface area contributed by atoms with E-state index in [-0.39, 0.29) is 0 Å². The Hall–Kier alpha value is -0.950. The van der Waals surface area contributed by atoms with E-state index in [4.69, 9.17) is 11.6 Å².